The fourth-order valence-corrected chi connectivity index (χ4v) is 2.19. The summed E-state index contributed by atoms with van der Waals surface area (Å²) in [4.78, 5) is 24.4. The summed E-state index contributed by atoms with van der Waals surface area (Å²) < 4.78 is 11.9. The van der Waals surface area contributed by atoms with Gasteiger partial charge in [0.1, 0.15) is 16.9 Å². The zero-order chi connectivity index (χ0) is 16.6. The van der Waals surface area contributed by atoms with Crippen molar-refractivity contribution in [3.63, 3.8) is 0 Å². The van der Waals surface area contributed by atoms with Gasteiger partial charge in [0.25, 0.3) is 5.91 Å². The van der Waals surface area contributed by atoms with Gasteiger partial charge in [0, 0.05) is 18.5 Å². The minimum atomic E-state index is -0.704. The molecule has 0 bridgehead atoms. The number of fused-ring (bicyclic) bond motifs is 1. The SMILES string of the molecule is COc1ccc2cc(C(=O)Nc3cnn(C)c3C)c(=O)oc2c1. The number of amides is 1. The average Bonchev–Trinajstić information content (AvgIpc) is 2.85. The van der Waals surface area contributed by atoms with E-state index in [2.05, 4.69) is 10.4 Å². The van der Waals surface area contributed by atoms with Crippen molar-refractivity contribution >= 4 is 22.6 Å². The summed E-state index contributed by atoms with van der Waals surface area (Å²) in [5.41, 5.74) is 0.930. The first kappa shape index (κ1) is 14.8. The molecule has 0 radical (unpaired) electrons. The van der Waals surface area contributed by atoms with Gasteiger partial charge in [-0.2, -0.15) is 5.10 Å². The van der Waals surface area contributed by atoms with Gasteiger partial charge in [0.2, 0.25) is 0 Å². The van der Waals surface area contributed by atoms with E-state index in [0.717, 1.165) is 5.69 Å². The van der Waals surface area contributed by atoms with E-state index in [0.29, 0.717) is 22.4 Å². The van der Waals surface area contributed by atoms with Crippen LogP contribution in [0.5, 0.6) is 5.75 Å². The molecule has 1 N–H and O–H groups in total. The third-order valence-electron chi connectivity index (χ3n) is 3.67. The van der Waals surface area contributed by atoms with Crippen molar-refractivity contribution in [3.8, 4) is 5.75 Å². The lowest BCUT2D eigenvalue weighted by atomic mass is 10.1. The molecular weight excluding hydrogens is 298 g/mol. The lowest BCUT2D eigenvalue weighted by Crippen LogP contribution is -2.20. The Bertz CT molecular complexity index is 956. The topological polar surface area (TPSA) is 86.4 Å². The van der Waals surface area contributed by atoms with Crippen LogP contribution in [0.1, 0.15) is 16.1 Å². The molecule has 2 heterocycles. The van der Waals surface area contributed by atoms with E-state index >= 15 is 0 Å². The third kappa shape index (κ3) is 2.68. The van der Waals surface area contributed by atoms with Crippen molar-refractivity contribution < 1.29 is 13.9 Å². The maximum atomic E-state index is 12.3. The highest BCUT2D eigenvalue weighted by molar-refractivity contribution is 6.05. The zero-order valence-corrected chi connectivity index (χ0v) is 12.9. The predicted octanol–water partition coefficient (Wildman–Crippen LogP) is 2.10. The van der Waals surface area contributed by atoms with Crippen LogP contribution in [-0.4, -0.2) is 22.8 Å². The molecule has 118 valence electrons. The largest absolute Gasteiger partial charge is 0.497 e. The minimum Gasteiger partial charge on any atom is -0.497 e. The van der Waals surface area contributed by atoms with Crippen molar-refractivity contribution in [2.75, 3.05) is 12.4 Å². The Balaban J connectivity index is 1.99. The van der Waals surface area contributed by atoms with Gasteiger partial charge in [-0.15, -0.1) is 0 Å². The van der Waals surface area contributed by atoms with E-state index in [1.807, 2.05) is 6.92 Å². The van der Waals surface area contributed by atoms with Crippen LogP contribution in [0.15, 0.2) is 39.7 Å². The second-order valence-electron chi connectivity index (χ2n) is 5.07. The molecule has 3 aromatic rings. The quantitative estimate of drug-likeness (QED) is 0.748. The van der Waals surface area contributed by atoms with Crippen LogP contribution in [0, 0.1) is 6.92 Å². The minimum absolute atomic E-state index is 0.0640. The molecule has 0 atom stereocenters. The van der Waals surface area contributed by atoms with Crippen molar-refractivity contribution in [3.05, 3.63) is 52.1 Å². The normalized spacial score (nSPS) is 10.7. The molecule has 0 saturated carbocycles. The number of benzene rings is 1. The molecular formula is C16H15N3O4. The number of methoxy groups -OCH3 is 1. The number of carbonyl (C=O) groups is 1. The van der Waals surface area contributed by atoms with Crippen molar-refractivity contribution in [1.82, 2.24) is 9.78 Å². The summed E-state index contributed by atoms with van der Waals surface area (Å²) in [6.07, 6.45) is 1.53. The zero-order valence-electron chi connectivity index (χ0n) is 12.9. The molecule has 0 aliphatic heterocycles. The summed E-state index contributed by atoms with van der Waals surface area (Å²) in [6.45, 7) is 1.82. The molecule has 0 spiro atoms. The van der Waals surface area contributed by atoms with Gasteiger partial charge >= 0.3 is 5.63 Å². The summed E-state index contributed by atoms with van der Waals surface area (Å²) >= 11 is 0. The second-order valence-corrected chi connectivity index (χ2v) is 5.07. The predicted molar refractivity (Wildman–Crippen MR) is 84.9 cm³/mol. The van der Waals surface area contributed by atoms with Crippen LogP contribution in [0.2, 0.25) is 0 Å². The fourth-order valence-electron chi connectivity index (χ4n) is 2.19. The number of hydrogen-bond donors (Lipinski definition) is 1. The van der Waals surface area contributed by atoms with Gasteiger partial charge in [-0.25, -0.2) is 4.79 Å². The van der Waals surface area contributed by atoms with Crippen LogP contribution in [0.3, 0.4) is 0 Å². The number of rotatable bonds is 3. The van der Waals surface area contributed by atoms with Crippen LogP contribution < -0.4 is 15.7 Å². The smallest absolute Gasteiger partial charge is 0.349 e. The van der Waals surface area contributed by atoms with E-state index in [-0.39, 0.29) is 5.56 Å². The van der Waals surface area contributed by atoms with Gasteiger partial charge < -0.3 is 14.5 Å². The third-order valence-corrected chi connectivity index (χ3v) is 3.67. The molecule has 0 unspecified atom stereocenters. The highest BCUT2D eigenvalue weighted by atomic mass is 16.5. The summed E-state index contributed by atoms with van der Waals surface area (Å²) in [5, 5.41) is 7.35. The molecule has 7 nitrogen and oxygen atoms in total. The number of nitrogens with zero attached hydrogens (tertiary/aromatic N) is 2. The van der Waals surface area contributed by atoms with Crippen molar-refractivity contribution in [1.29, 1.82) is 0 Å². The monoisotopic (exact) mass is 313 g/mol. The number of anilines is 1. The Hall–Kier alpha value is -3.09. The molecule has 0 saturated heterocycles. The second kappa shape index (κ2) is 5.60. The van der Waals surface area contributed by atoms with Gasteiger partial charge in [-0.1, -0.05) is 0 Å². The van der Waals surface area contributed by atoms with Gasteiger partial charge in [-0.3, -0.25) is 9.48 Å². The lowest BCUT2D eigenvalue weighted by molar-refractivity contribution is 0.102. The van der Waals surface area contributed by atoms with Crippen molar-refractivity contribution in [2.45, 2.75) is 6.92 Å². The van der Waals surface area contributed by atoms with E-state index in [1.165, 1.54) is 19.4 Å². The molecule has 23 heavy (non-hydrogen) atoms. The summed E-state index contributed by atoms with van der Waals surface area (Å²) in [6, 6.07) is 6.56. The first-order valence-electron chi connectivity index (χ1n) is 6.91. The van der Waals surface area contributed by atoms with E-state index < -0.39 is 11.5 Å². The number of ether oxygens (including phenoxy) is 1. The maximum Gasteiger partial charge on any atom is 0.349 e. The Kier molecular flexibility index (Phi) is 3.61. The Labute approximate surface area is 131 Å². The Morgan fingerprint density at radius 2 is 2.13 bits per heavy atom. The van der Waals surface area contributed by atoms with Crippen LogP contribution in [0.25, 0.3) is 11.0 Å². The van der Waals surface area contributed by atoms with Gasteiger partial charge in [0.15, 0.2) is 0 Å². The van der Waals surface area contributed by atoms with Crippen LogP contribution in [0.4, 0.5) is 5.69 Å². The van der Waals surface area contributed by atoms with Crippen LogP contribution >= 0.6 is 0 Å². The lowest BCUT2D eigenvalue weighted by Gasteiger charge is -2.05. The first-order valence-corrected chi connectivity index (χ1v) is 6.91. The van der Waals surface area contributed by atoms with Crippen LogP contribution in [-0.2, 0) is 7.05 Å². The summed E-state index contributed by atoms with van der Waals surface area (Å²) in [7, 11) is 3.29. The first-order chi connectivity index (χ1) is 11.0. The fraction of sp³-hybridized carbons (Fsp3) is 0.188. The van der Waals surface area contributed by atoms with Crippen molar-refractivity contribution in [2.24, 2.45) is 7.05 Å². The average molecular weight is 313 g/mol. The highest BCUT2D eigenvalue weighted by Gasteiger charge is 2.16. The highest BCUT2D eigenvalue weighted by Crippen LogP contribution is 2.21. The number of aromatic nitrogens is 2. The van der Waals surface area contributed by atoms with Gasteiger partial charge in [-0.05, 0) is 25.1 Å². The summed E-state index contributed by atoms with van der Waals surface area (Å²) in [5.74, 6) is 0.0383. The molecule has 1 amide bonds. The van der Waals surface area contributed by atoms with E-state index in [1.54, 1.807) is 29.9 Å². The number of aryl methyl sites for hydroxylation is 1. The Morgan fingerprint density at radius 1 is 1.35 bits per heavy atom. The van der Waals surface area contributed by atoms with Gasteiger partial charge in [0.05, 0.1) is 24.7 Å². The van der Waals surface area contributed by atoms with E-state index in [9.17, 15) is 9.59 Å². The number of hydrogen-bond acceptors (Lipinski definition) is 5. The molecule has 0 aliphatic rings. The molecule has 0 fully saturated rings. The maximum absolute atomic E-state index is 12.3. The van der Waals surface area contributed by atoms with E-state index in [4.69, 9.17) is 9.15 Å². The molecule has 7 heteroatoms. The molecule has 3 rings (SSSR count). The number of nitrogens with one attached hydrogen (secondary N) is 1. The molecule has 0 aliphatic carbocycles. The standard InChI is InChI=1S/C16H15N3O4/c1-9-13(8-17-19(9)2)18-15(20)12-6-10-4-5-11(22-3)7-14(10)23-16(12)21/h4-8H,1-3H3,(H,18,20). The Morgan fingerprint density at radius 3 is 2.78 bits per heavy atom. The number of carbonyl (C=O) groups excluding carboxylic acids is 1. The molecule has 1 aromatic carbocycles. The molecule has 2 aromatic heterocycles.